The molecule has 3 rings (SSSR count). The first-order valence-corrected chi connectivity index (χ1v) is 9.04. The van der Waals surface area contributed by atoms with Crippen molar-refractivity contribution in [3.63, 3.8) is 0 Å². The third kappa shape index (κ3) is 4.54. The van der Waals surface area contributed by atoms with E-state index in [1.54, 1.807) is 24.0 Å². The second-order valence-corrected chi connectivity index (χ2v) is 6.96. The number of carboxylic acids is 1. The van der Waals surface area contributed by atoms with Crippen molar-refractivity contribution in [2.24, 2.45) is 5.92 Å². The molecule has 2 aromatic rings. The van der Waals surface area contributed by atoms with E-state index in [-0.39, 0.29) is 23.3 Å². The lowest BCUT2D eigenvalue weighted by Gasteiger charge is -2.31. The molecule has 2 aromatic carbocycles. The van der Waals surface area contributed by atoms with Crippen LogP contribution in [0.2, 0.25) is 0 Å². The number of hydrogen-bond donors (Lipinski definition) is 2. The molecule has 146 valence electrons. The zero-order valence-corrected chi connectivity index (χ0v) is 15.4. The summed E-state index contributed by atoms with van der Waals surface area (Å²) >= 11 is 0. The fourth-order valence-corrected chi connectivity index (χ4v) is 3.37. The van der Waals surface area contributed by atoms with Gasteiger partial charge in [0.1, 0.15) is 5.82 Å². The lowest BCUT2D eigenvalue weighted by Crippen LogP contribution is -2.41. The Hall–Kier alpha value is -3.22. The number of anilines is 1. The van der Waals surface area contributed by atoms with E-state index in [1.807, 2.05) is 0 Å². The standard InChI is InChI=1S/C21H21FN2O4/c1-13-9-15(11-16(10-13)21(27)28)20(26)24-7-5-14(6-8-24)19(25)23-18-4-2-3-17(22)12-18/h2-4,9-12,14H,5-8H2,1H3,(H,23,25)(H,27,28). The summed E-state index contributed by atoms with van der Waals surface area (Å²) in [6.07, 6.45) is 0.981. The van der Waals surface area contributed by atoms with Gasteiger partial charge in [-0.15, -0.1) is 0 Å². The molecule has 0 aromatic heterocycles. The zero-order valence-electron chi connectivity index (χ0n) is 15.4. The summed E-state index contributed by atoms with van der Waals surface area (Å²) in [5, 5.41) is 11.9. The third-order valence-corrected chi connectivity index (χ3v) is 4.82. The normalized spacial score (nSPS) is 14.6. The van der Waals surface area contributed by atoms with Gasteiger partial charge in [-0.3, -0.25) is 9.59 Å². The maximum Gasteiger partial charge on any atom is 0.335 e. The molecule has 6 nitrogen and oxygen atoms in total. The number of rotatable bonds is 4. The Balaban J connectivity index is 1.61. The van der Waals surface area contributed by atoms with Crippen molar-refractivity contribution in [3.05, 3.63) is 65.0 Å². The van der Waals surface area contributed by atoms with Crippen LogP contribution in [0, 0.1) is 18.7 Å². The predicted molar refractivity (Wildman–Crippen MR) is 102 cm³/mol. The maximum absolute atomic E-state index is 13.2. The predicted octanol–water partition coefficient (Wildman–Crippen LogP) is 3.32. The summed E-state index contributed by atoms with van der Waals surface area (Å²) in [4.78, 5) is 37.9. The van der Waals surface area contributed by atoms with Gasteiger partial charge in [0.05, 0.1) is 5.56 Å². The van der Waals surface area contributed by atoms with Gasteiger partial charge in [-0.2, -0.15) is 0 Å². The molecule has 28 heavy (non-hydrogen) atoms. The number of carbonyl (C=O) groups is 3. The first-order chi connectivity index (χ1) is 13.3. The Morgan fingerprint density at radius 3 is 2.39 bits per heavy atom. The van der Waals surface area contributed by atoms with Crippen LogP contribution in [0.5, 0.6) is 0 Å². The van der Waals surface area contributed by atoms with Crippen LogP contribution in [0.25, 0.3) is 0 Å². The second-order valence-electron chi connectivity index (χ2n) is 6.96. The van der Waals surface area contributed by atoms with Crippen LogP contribution < -0.4 is 5.32 Å². The summed E-state index contributed by atoms with van der Waals surface area (Å²) in [5.74, 6) is -2.20. The first kappa shape index (κ1) is 19.5. The molecule has 7 heteroatoms. The van der Waals surface area contributed by atoms with Crippen LogP contribution in [0.15, 0.2) is 42.5 Å². The summed E-state index contributed by atoms with van der Waals surface area (Å²) in [6, 6.07) is 10.3. The number of aryl methyl sites for hydroxylation is 1. The average Bonchev–Trinajstić information content (AvgIpc) is 2.67. The minimum absolute atomic E-state index is 0.0766. The van der Waals surface area contributed by atoms with Gasteiger partial charge in [-0.05, 0) is 61.7 Å². The van der Waals surface area contributed by atoms with Crippen molar-refractivity contribution in [2.75, 3.05) is 18.4 Å². The highest BCUT2D eigenvalue weighted by atomic mass is 19.1. The molecule has 0 saturated carbocycles. The zero-order chi connectivity index (χ0) is 20.3. The number of nitrogens with one attached hydrogen (secondary N) is 1. The molecule has 0 radical (unpaired) electrons. The molecule has 2 N–H and O–H groups in total. The quantitative estimate of drug-likeness (QED) is 0.847. The van der Waals surface area contributed by atoms with E-state index < -0.39 is 11.8 Å². The van der Waals surface area contributed by atoms with Crippen molar-refractivity contribution < 1.29 is 23.9 Å². The summed E-state index contributed by atoms with van der Waals surface area (Å²) < 4.78 is 13.2. The van der Waals surface area contributed by atoms with Gasteiger partial charge in [-0.25, -0.2) is 9.18 Å². The fourth-order valence-electron chi connectivity index (χ4n) is 3.37. The molecule has 1 aliphatic rings. The van der Waals surface area contributed by atoms with Crippen LogP contribution in [0.3, 0.4) is 0 Å². The van der Waals surface area contributed by atoms with Crippen LogP contribution in [0.4, 0.5) is 10.1 Å². The number of aromatic carboxylic acids is 1. The number of hydrogen-bond acceptors (Lipinski definition) is 3. The summed E-state index contributed by atoms with van der Waals surface area (Å²) in [6.45, 7) is 2.54. The molecule has 0 aliphatic carbocycles. The Kier molecular flexibility index (Phi) is 5.73. The summed E-state index contributed by atoms with van der Waals surface area (Å²) in [5.41, 5.74) is 1.52. The number of nitrogens with zero attached hydrogens (tertiary/aromatic N) is 1. The van der Waals surface area contributed by atoms with Crippen molar-refractivity contribution >= 4 is 23.5 Å². The smallest absolute Gasteiger partial charge is 0.335 e. The molecule has 0 bridgehead atoms. The Labute approximate surface area is 162 Å². The van der Waals surface area contributed by atoms with Gasteiger partial charge < -0.3 is 15.3 Å². The Morgan fingerprint density at radius 2 is 1.75 bits per heavy atom. The highest BCUT2D eigenvalue weighted by Gasteiger charge is 2.28. The number of likely N-dealkylation sites (tertiary alicyclic amines) is 1. The second kappa shape index (κ2) is 8.21. The van der Waals surface area contributed by atoms with Gasteiger partial charge in [0.15, 0.2) is 0 Å². The molecule has 2 amide bonds. The van der Waals surface area contributed by atoms with Crippen LogP contribution in [-0.4, -0.2) is 40.9 Å². The van der Waals surface area contributed by atoms with Crippen LogP contribution >= 0.6 is 0 Å². The highest BCUT2D eigenvalue weighted by molar-refractivity contribution is 5.98. The minimum Gasteiger partial charge on any atom is -0.478 e. The lowest BCUT2D eigenvalue weighted by molar-refractivity contribution is -0.121. The molecule has 1 aliphatic heterocycles. The summed E-state index contributed by atoms with van der Waals surface area (Å²) in [7, 11) is 0. The van der Waals surface area contributed by atoms with E-state index in [2.05, 4.69) is 5.32 Å². The minimum atomic E-state index is -1.08. The van der Waals surface area contributed by atoms with E-state index in [9.17, 15) is 18.8 Å². The average molecular weight is 384 g/mol. The Bertz CT molecular complexity index is 920. The van der Waals surface area contributed by atoms with Gasteiger partial charge in [0.25, 0.3) is 5.91 Å². The molecule has 1 fully saturated rings. The van der Waals surface area contributed by atoms with Crippen molar-refractivity contribution in [2.45, 2.75) is 19.8 Å². The van der Waals surface area contributed by atoms with Crippen LogP contribution in [0.1, 0.15) is 39.1 Å². The number of carbonyl (C=O) groups excluding carboxylic acids is 2. The number of piperidine rings is 1. The fraction of sp³-hybridized carbons (Fsp3) is 0.286. The third-order valence-electron chi connectivity index (χ3n) is 4.82. The molecule has 1 saturated heterocycles. The van der Waals surface area contributed by atoms with Gasteiger partial charge >= 0.3 is 5.97 Å². The monoisotopic (exact) mass is 384 g/mol. The van der Waals surface area contributed by atoms with Crippen molar-refractivity contribution in [1.82, 2.24) is 4.90 Å². The molecule has 0 spiro atoms. The topological polar surface area (TPSA) is 86.7 Å². The number of halogens is 1. The first-order valence-electron chi connectivity index (χ1n) is 9.04. The van der Waals surface area contributed by atoms with Crippen molar-refractivity contribution in [1.29, 1.82) is 0 Å². The van der Waals surface area contributed by atoms with E-state index in [0.717, 1.165) is 0 Å². The SMILES string of the molecule is Cc1cc(C(=O)O)cc(C(=O)N2CCC(C(=O)Nc3cccc(F)c3)CC2)c1. The molecule has 1 heterocycles. The molecule has 0 unspecified atom stereocenters. The van der Waals surface area contributed by atoms with Gasteiger partial charge in [-0.1, -0.05) is 6.07 Å². The number of carboxylic acid groups (broad SMARTS) is 1. The highest BCUT2D eigenvalue weighted by Crippen LogP contribution is 2.22. The lowest BCUT2D eigenvalue weighted by atomic mass is 9.95. The molecule has 0 atom stereocenters. The van der Waals surface area contributed by atoms with E-state index in [0.29, 0.717) is 42.7 Å². The van der Waals surface area contributed by atoms with E-state index >= 15 is 0 Å². The van der Waals surface area contributed by atoms with Gasteiger partial charge in [0, 0.05) is 30.3 Å². The maximum atomic E-state index is 13.2. The Morgan fingerprint density at radius 1 is 1.07 bits per heavy atom. The van der Waals surface area contributed by atoms with Crippen molar-refractivity contribution in [3.8, 4) is 0 Å². The molecular weight excluding hydrogens is 363 g/mol. The van der Waals surface area contributed by atoms with E-state index in [4.69, 9.17) is 5.11 Å². The number of benzene rings is 2. The van der Waals surface area contributed by atoms with E-state index in [1.165, 1.54) is 30.3 Å². The molecular formula is C21H21FN2O4. The van der Waals surface area contributed by atoms with Gasteiger partial charge in [0.2, 0.25) is 5.91 Å². The number of amides is 2. The van der Waals surface area contributed by atoms with Crippen LogP contribution in [-0.2, 0) is 4.79 Å². The largest absolute Gasteiger partial charge is 0.478 e.